The van der Waals surface area contributed by atoms with Crippen LogP contribution in [0.4, 0.5) is 0 Å². The van der Waals surface area contributed by atoms with Crippen LogP contribution < -0.4 is 0 Å². The lowest BCUT2D eigenvalue weighted by Gasteiger charge is -2.53. The normalized spacial score (nSPS) is 56.9. The van der Waals surface area contributed by atoms with E-state index in [1.165, 1.54) is 6.92 Å². The summed E-state index contributed by atoms with van der Waals surface area (Å²) in [5.41, 5.74) is -2.64. The monoisotopic (exact) mass is 326 g/mol. The maximum absolute atomic E-state index is 10.7. The molecule has 0 aromatic carbocycles. The fourth-order valence-corrected chi connectivity index (χ4v) is 2.94. The van der Waals surface area contributed by atoms with Crippen molar-refractivity contribution in [2.45, 2.75) is 67.6 Å². The molecule has 10 atom stereocenters. The van der Waals surface area contributed by atoms with Gasteiger partial charge in [0.15, 0.2) is 11.9 Å². The van der Waals surface area contributed by atoms with Crippen LogP contribution in [0, 0.1) is 0 Å². The molecule has 0 bridgehead atoms. The quantitative estimate of drug-likeness (QED) is 0.245. The van der Waals surface area contributed by atoms with Gasteiger partial charge < -0.3 is 50.3 Å². The Morgan fingerprint density at radius 1 is 0.864 bits per heavy atom. The minimum absolute atomic E-state index is 0.781. The lowest BCUT2D eigenvalue weighted by atomic mass is 9.75. The Bertz CT molecular complexity index is 394. The molecule has 22 heavy (non-hydrogen) atoms. The fraction of sp³-hybridized carbons (Fsp3) is 1.00. The molecule has 0 aromatic rings. The van der Waals surface area contributed by atoms with E-state index in [0.29, 0.717) is 0 Å². The van der Waals surface area contributed by atoms with E-state index in [1.54, 1.807) is 0 Å². The molecule has 10 heteroatoms. The van der Waals surface area contributed by atoms with Gasteiger partial charge >= 0.3 is 0 Å². The molecule has 2 rings (SSSR count). The Hall–Kier alpha value is -0.400. The molecule has 0 aromatic heterocycles. The van der Waals surface area contributed by atoms with Gasteiger partial charge in [-0.25, -0.2) is 0 Å². The van der Waals surface area contributed by atoms with Gasteiger partial charge in [0.1, 0.15) is 42.7 Å². The van der Waals surface area contributed by atoms with Crippen molar-refractivity contribution >= 4 is 0 Å². The van der Waals surface area contributed by atoms with Crippen LogP contribution in [0.25, 0.3) is 0 Å². The number of rotatable bonds is 2. The summed E-state index contributed by atoms with van der Waals surface area (Å²) in [4.78, 5) is 0. The third kappa shape index (κ3) is 2.55. The molecule has 2 saturated heterocycles. The van der Waals surface area contributed by atoms with Gasteiger partial charge in [0.2, 0.25) is 0 Å². The number of hydrogen-bond acceptors (Lipinski definition) is 10. The van der Waals surface area contributed by atoms with Crippen molar-refractivity contribution in [1.29, 1.82) is 0 Å². The zero-order valence-corrected chi connectivity index (χ0v) is 11.8. The summed E-state index contributed by atoms with van der Waals surface area (Å²) in [6, 6.07) is 0. The van der Waals surface area contributed by atoms with Crippen LogP contribution in [0.1, 0.15) is 6.92 Å². The van der Waals surface area contributed by atoms with Gasteiger partial charge in [-0.05, 0) is 6.92 Å². The predicted molar refractivity (Wildman–Crippen MR) is 67.3 cm³/mol. The molecular formula is C12H22O10. The Balaban J connectivity index is 2.37. The van der Waals surface area contributed by atoms with Gasteiger partial charge in [-0.3, -0.25) is 0 Å². The SMILES string of the molecule is C[C@H]1O[C@H]([C@@]2(O)[C@@H](O)C(O)O[C@H](CO)[C@@H]2O)[C@H](O)[C@@H](O)[C@H]1O. The second-order valence-electron chi connectivity index (χ2n) is 5.76. The Morgan fingerprint density at radius 2 is 1.45 bits per heavy atom. The van der Waals surface area contributed by atoms with Crippen molar-refractivity contribution in [3.63, 3.8) is 0 Å². The molecule has 0 saturated carbocycles. The molecule has 8 N–H and O–H groups in total. The first kappa shape index (κ1) is 17.9. The van der Waals surface area contributed by atoms with Gasteiger partial charge in [0.25, 0.3) is 0 Å². The summed E-state index contributed by atoms with van der Waals surface area (Å²) < 4.78 is 9.98. The van der Waals surface area contributed by atoms with E-state index in [4.69, 9.17) is 14.6 Å². The van der Waals surface area contributed by atoms with E-state index >= 15 is 0 Å². The highest BCUT2D eigenvalue weighted by Crippen LogP contribution is 2.38. The Labute approximate surface area is 125 Å². The largest absolute Gasteiger partial charge is 0.394 e. The van der Waals surface area contributed by atoms with Crippen molar-refractivity contribution in [3.05, 3.63) is 0 Å². The molecule has 0 radical (unpaired) electrons. The maximum Gasteiger partial charge on any atom is 0.184 e. The molecule has 2 aliphatic rings. The standard InChI is InChI=1S/C12H22O10/c1-3-5(14)6(15)7(16)10(21-3)12(20)8(17)4(2-13)22-11(19)9(12)18/h3-11,13-20H,2H2,1H3/t3-,4-,5+,6+,7-,8+,9+,10+,11?,12+/m1/s1. The number of ether oxygens (including phenoxy) is 2. The lowest BCUT2D eigenvalue weighted by molar-refractivity contribution is -0.366. The topological polar surface area (TPSA) is 180 Å². The first-order chi connectivity index (χ1) is 10.2. The van der Waals surface area contributed by atoms with Crippen LogP contribution in [0.5, 0.6) is 0 Å². The van der Waals surface area contributed by atoms with Gasteiger partial charge in [-0.1, -0.05) is 0 Å². The van der Waals surface area contributed by atoms with Crippen molar-refractivity contribution < 1.29 is 50.3 Å². The van der Waals surface area contributed by atoms with Gasteiger partial charge in [-0.15, -0.1) is 0 Å². The Morgan fingerprint density at radius 3 is 2.00 bits per heavy atom. The average Bonchev–Trinajstić information content (AvgIpc) is 2.50. The zero-order valence-electron chi connectivity index (χ0n) is 11.8. The number of hydrogen-bond donors (Lipinski definition) is 8. The predicted octanol–water partition coefficient (Wildman–Crippen LogP) is -4.98. The molecule has 2 heterocycles. The molecule has 0 aliphatic carbocycles. The van der Waals surface area contributed by atoms with E-state index in [2.05, 4.69) is 0 Å². The van der Waals surface area contributed by atoms with Gasteiger partial charge in [-0.2, -0.15) is 0 Å². The summed E-state index contributed by atoms with van der Waals surface area (Å²) in [5.74, 6) is 0. The third-order valence-electron chi connectivity index (χ3n) is 4.37. The summed E-state index contributed by atoms with van der Waals surface area (Å²) >= 11 is 0. The van der Waals surface area contributed by atoms with Crippen LogP contribution in [0.3, 0.4) is 0 Å². The smallest absolute Gasteiger partial charge is 0.184 e. The second-order valence-corrected chi connectivity index (χ2v) is 5.76. The summed E-state index contributed by atoms with van der Waals surface area (Å²) in [7, 11) is 0. The second kappa shape index (κ2) is 6.24. The molecular weight excluding hydrogens is 304 g/mol. The average molecular weight is 326 g/mol. The van der Waals surface area contributed by atoms with E-state index in [1.807, 2.05) is 0 Å². The molecule has 10 nitrogen and oxygen atoms in total. The van der Waals surface area contributed by atoms with E-state index in [0.717, 1.165) is 0 Å². The van der Waals surface area contributed by atoms with Gasteiger partial charge in [0.05, 0.1) is 12.7 Å². The van der Waals surface area contributed by atoms with Crippen molar-refractivity contribution in [3.8, 4) is 0 Å². The molecule has 0 spiro atoms. The molecule has 2 aliphatic heterocycles. The first-order valence-electron chi connectivity index (χ1n) is 6.88. The molecule has 0 amide bonds. The zero-order chi connectivity index (χ0) is 16.8. The molecule has 1 unspecified atom stereocenters. The van der Waals surface area contributed by atoms with Crippen LogP contribution >= 0.6 is 0 Å². The van der Waals surface area contributed by atoms with E-state index < -0.39 is 67.3 Å². The highest BCUT2D eigenvalue weighted by Gasteiger charge is 2.63. The lowest BCUT2D eigenvalue weighted by Crippen LogP contribution is -2.76. The summed E-state index contributed by atoms with van der Waals surface area (Å²) in [6.07, 6.45) is -15.2. The van der Waals surface area contributed by atoms with Crippen molar-refractivity contribution in [2.24, 2.45) is 0 Å². The highest BCUT2D eigenvalue weighted by molar-refractivity contribution is 5.11. The maximum atomic E-state index is 10.7. The van der Waals surface area contributed by atoms with Crippen LogP contribution in [0.15, 0.2) is 0 Å². The first-order valence-corrected chi connectivity index (χ1v) is 6.88. The van der Waals surface area contributed by atoms with Crippen molar-refractivity contribution in [1.82, 2.24) is 0 Å². The fourth-order valence-electron chi connectivity index (χ4n) is 2.94. The van der Waals surface area contributed by atoms with E-state index in [9.17, 15) is 35.7 Å². The summed E-state index contributed by atoms with van der Waals surface area (Å²) in [6.45, 7) is 0.574. The Kier molecular flexibility index (Phi) is 5.09. The minimum atomic E-state index is -2.64. The third-order valence-corrected chi connectivity index (χ3v) is 4.37. The highest BCUT2D eigenvalue weighted by atomic mass is 16.6. The van der Waals surface area contributed by atoms with Crippen LogP contribution in [0.2, 0.25) is 0 Å². The number of aliphatic hydroxyl groups excluding tert-OH is 7. The molecule has 2 fully saturated rings. The van der Waals surface area contributed by atoms with Gasteiger partial charge in [0, 0.05) is 0 Å². The van der Waals surface area contributed by atoms with E-state index in [-0.39, 0.29) is 0 Å². The summed E-state index contributed by atoms with van der Waals surface area (Å²) in [5, 5.41) is 79.0. The molecule has 130 valence electrons. The number of aliphatic hydroxyl groups is 8. The van der Waals surface area contributed by atoms with Crippen molar-refractivity contribution in [2.75, 3.05) is 6.61 Å². The van der Waals surface area contributed by atoms with Crippen LogP contribution in [-0.4, -0.2) is 108 Å². The minimum Gasteiger partial charge on any atom is -0.394 e. The van der Waals surface area contributed by atoms with Crippen LogP contribution in [-0.2, 0) is 9.47 Å².